The number of aliphatic hydroxyl groups is 1. The third kappa shape index (κ3) is 4.66. The van der Waals surface area contributed by atoms with Crippen LogP contribution < -0.4 is 4.72 Å². The summed E-state index contributed by atoms with van der Waals surface area (Å²) in [5.41, 5.74) is 0.856. The maximum atomic E-state index is 11.9. The average Bonchev–Trinajstić information content (AvgIpc) is 2.32. The van der Waals surface area contributed by atoms with E-state index in [0.29, 0.717) is 0 Å². The highest BCUT2D eigenvalue weighted by molar-refractivity contribution is 9.10. The molecule has 0 aliphatic rings. The van der Waals surface area contributed by atoms with E-state index in [2.05, 4.69) is 20.7 Å². The fourth-order valence-corrected chi connectivity index (χ4v) is 2.63. The number of sulfonamides is 1. The van der Waals surface area contributed by atoms with Crippen molar-refractivity contribution in [2.45, 2.75) is 11.8 Å². The molecule has 5 nitrogen and oxygen atoms in total. The molecule has 0 amide bonds. The molecule has 0 atom stereocenters. The van der Waals surface area contributed by atoms with Gasteiger partial charge in [-0.2, -0.15) is 0 Å². The normalized spacial score (nSPS) is 11.7. The molecule has 0 saturated carbocycles. The zero-order valence-corrected chi connectivity index (χ0v) is 12.4. The zero-order valence-electron chi connectivity index (χ0n) is 10.0. The standard InChI is InChI=1S/C11H16BrNO4S/c1-9-8-10(2-3-11(9)12)18(15,16)13-4-6-17-7-5-14/h2-3,8,13-14H,4-7H2,1H3. The highest BCUT2D eigenvalue weighted by Crippen LogP contribution is 2.19. The van der Waals surface area contributed by atoms with Crippen LogP contribution in [0.5, 0.6) is 0 Å². The lowest BCUT2D eigenvalue weighted by molar-refractivity contribution is 0.0961. The Kier molecular flexibility index (Phi) is 6.24. The molecule has 0 heterocycles. The fraction of sp³-hybridized carbons (Fsp3) is 0.455. The number of aliphatic hydroxyl groups excluding tert-OH is 1. The molecule has 1 rings (SSSR count). The van der Waals surface area contributed by atoms with Crippen LogP contribution in [0.4, 0.5) is 0 Å². The van der Waals surface area contributed by atoms with Gasteiger partial charge in [0.2, 0.25) is 10.0 Å². The van der Waals surface area contributed by atoms with Gasteiger partial charge >= 0.3 is 0 Å². The van der Waals surface area contributed by atoms with Gasteiger partial charge in [-0.1, -0.05) is 15.9 Å². The molecule has 0 saturated heterocycles. The molecule has 18 heavy (non-hydrogen) atoms. The van der Waals surface area contributed by atoms with Crippen LogP contribution in [-0.4, -0.2) is 39.9 Å². The van der Waals surface area contributed by atoms with Gasteiger partial charge in [0.15, 0.2) is 0 Å². The minimum absolute atomic E-state index is 0.0708. The van der Waals surface area contributed by atoms with Gasteiger partial charge in [-0.05, 0) is 30.7 Å². The summed E-state index contributed by atoms with van der Waals surface area (Å²) in [6, 6.07) is 4.83. The molecule has 1 aromatic rings. The number of rotatable bonds is 7. The summed E-state index contributed by atoms with van der Waals surface area (Å²) < 4.78 is 32.1. The molecule has 0 radical (unpaired) electrons. The van der Waals surface area contributed by atoms with Gasteiger partial charge < -0.3 is 9.84 Å². The molecular formula is C11H16BrNO4S. The van der Waals surface area contributed by atoms with Gasteiger partial charge in [0.25, 0.3) is 0 Å². The SMILES string of the molecule is Cc1cc(S(=O)(=O)NCCOCCO)ccc1Br. The van der Waals surface area contributed by atoms with E-state index in [1.54, 1.807) is 12.1 Å². The van der Waals surface area contributed by atoms with Crippen LogP contribution in [0.3, 0.4) is 0 Å². The third-order valence-electron chi connectivity index (χ3n) is 2.21. The van der Waals surface area contributed by atoms with Crippen molar-refractivity contribution in [2.75, 3.05) is 26.4 Å². The molecule has 0 fully saturated rings. The summed E-state index contributed by atoms with van der Waals surface area (Å²) in [6.45, 7) is 2.37. The summed E-state index contributed by atoms with van der Waals surface area (Å²) in [5, 5.41) is 8.49. The number of hydrogen-bond acceptors (Lipinski definition) is 4. The molecule has 1 aromatic carbocycles. The fourth-order valence-electron chi connectivity index (χ4n) is 1.28. The van der Waals surface area contributed by atoms with E-state index < -0.39 is 10.0 Å². The van der Waals surface area contributed by atoms with Crippen molar-refractivity contribution in [1.82, 2.24) is 4.72 Å². The minimum atomic E-state index is -3.50. The van der Waals surface area contributed by atoms with Gasteiger partial charge in [0.05, 0.1) is 24.7 Å². The Balaban J connectivity index is 2.60. The van der Waals surface area contributed by atoms with Crippen molar-refractivity contribution in [3.8, 4) is 0 Å². The van der Waals surface area contributed by atoms with Crippen LogP contribution in [0.1, 0.15) is 5.56 Å². The van der Waals surface area contributed by atoms with E-state index in [1.807, 2.05) is 6.92 Å². The molecular weight excluding hydrogens is 322 g/mol. The molecule has 0 aromatic heterocycles. The van der Waals surface area contributed by atoms with Crippen molar-refractivity contribution in [1.29, 1.82) is 0 Å². The van der Waals surface area contributed by atoms with Crippen LogP contribution in [0.2, 0.25) is 0 Å². The van der Waals surface area contributed by atoms with E-state index in [1.165, 1.54) is 6.07 Å². The predicted molar refractivity (Wildman–Crippen MR) is 72.0 cm³/mol. The number of hydrogen-bond donors (Lipinski definition) is 2. The van der Waals surface area contributed by atoms with E-state index in [9.17, 15) is 8.42 Å². The molecule has 102 valence electrons. The maximum Gasteiger partial charge on any atom is 0.240 e. The average molecular weight is 338 g/mol. The minimum Gasteiger partial charge on any atom is -0.394 e. The van der Waals surface area contributed by atoms with E-state index in [-0.39, 0.29) is 31.3 Å². The summed E-state index contributed by atoms with van der Waals surface area (Å²) in [7, 11) is -3.50. The van der Waals surface area contributed by atoms with Crippen molar-refractivity contribution >= 4 is 26.0 Å². The number of halogens is 1. The number of nitrogens with one attached hydrogen (secondary N) is 1. The predicted octanol–water partition coefficient (Wildman–Crippen LogP) is 1.04. The first-order chi connectivity index (χ1) is 8.47. The van der Waals surface area contributed by atoms with Crippen LogP contribution in [0.15, 0.2) is 27.6 Å². The van der Waals surface area contributed by atoms with Crippen LogP contribution >= 0.6 is 15.9 Å². The Bertz CT molecular complexity index is 490. The summed E-state index contributed by atoms with van der Waals surface area (Å²) >= 11 is 3.32. The second-order valence-electron chi connectivity index (χ2n) is 3.64. The molecule has 0 bridgehead atoms. The molecule has 0 aliphatic carbocycles. The van der Waals surface area contributed by atoms with E-state index in [0.717, 1.165) is 10.0 Å². The second kappa shape index (κ2) is 7.20. The first-order valence-electron chi connectivity index (χ1n) is 5.42. The lowest BCUT2D eigenvalue weighted by Crippen LogP contribution is -2.27. The summed E-state index contributed by atoms with van der Waals surface area (Å²) in [5.74, 6) is 0. The zero-order chi connectivity index (χ0) is 13.6. The lowest BCUT2D eigenvalue weighted by Gasteiger charge is -2.08. The van der Waals surface area contributed by atoms with Gasteiger partial charge in [-0.15, -0.1) is 0 Å². The molecule has 2 N–H and O–H groups in total. The van der Waals surface area contributed by atoms with E-state index >= 15 is 0 Å². The Morgan fingerprint density at radius 3 is 2.72 bits per heavy atom. The van der Waals surface area contributed by atoms with E-state index in [4.69, 9.17) is 9.84 Å². The van der Waals surface area contributed by atoms with Gasteiger partial charge in [0.1, 0.15) is 0 Å². The topological polar surface area (TPSA) is 75.6 Å². The van der Waals surface area contributed by atoms with Gasteiger partial charge in [-0.25, -0.2) is 13.1 Å². The van der Waals surface area contributed by atoms with Crippen molar-refractivity contribution < 1.29 is 18.3 Å². The lowest BCUT2D eigenvalue weighted by atomic mass is 10.2. The van der Waals surface area contributed by atoms with Crippen molar-refractivity contribution in [3.05, 3.63) is 28.2 Å². The maximum absolute atomic E-state index is 11.9. The number of benzene rings is 1. The van der Waals surface area contributed by atoms with Gasteiger partial charge in [-0.3, -0.25) is 0 Å². The van der Waals surface area contributed by atoms with Crippen molar-refractivity contribution in [2.24, 2.45) is 0 Å². The van der Waals surface area contributed by atoms with Gasteiger partial charge in [0, 0.05) is 11.0 Å². The van der Waals surface area contributed by atoms with Crippen LogP contribution in [-0.2, 0) is 14.8 Å². The first-order valence-corrected chi connectivity index (χ1v) is 7.69. The van der Waals surface area contributed by atoms with Crippen LogP contribution in [0.25, 0.3) is 0 Å². The smallest absolute Gasteiger partial charge is 0.240 e. The summed E-state index contributed by atoms with van der Waals surface area (Å²) in [4.78, 5) is 0.227. The highest BCUT2D eigenvalue weighted by Gasteiger charge is 2.13. The molecule has 7 heteroatoms. The number of ether oxygens (including phenoxy) is 1. The monoisotopic (exact) mass is 337 g/mol. The molecule has 0 aliphatic heterocycles. The largest absolute Gasteiger partial charge is 0.394 e. The molecule has 0 unspecified atom stereocenters. The van der Waals surface area contributed by atoms with Crippen molar-refractivity contribution in [3.63, 3.8) is 0 Å². The molecule has 0 spiro atoms. The first kappa shape index (κ1) is 15.6. The second-order valence-corrected chi connectivity index (χ2v) is 6.27. The summed E-state index contributed by atoms with van der Waals surface area (Å²) in [6.07, 6.45) is 0. The Hall–Kier alpha value is -0.470. The highest BCUT2D eigenvalue weighted by atomic mass is 79.9. The Morgan fingerprint density at radius 1 is 1.39 bits per heavy atom. The van der Waals surface area contributed by atoms with Crippen LogP contribution in [0, 0.1) is 6.92 Å². The quantitative estimate of drug-likeness (QED) is 0.729. The Morgan fingerprint density at radius 2 is 2.11 bits per heavy atom. The number of aryl methyl sites for hydroxylation is 1. The Labute approximate surface area is 115 Å². The third-order valence-corrected chi connectivity index (χ3v) is 4.56.